The van der Waals surface area contributed by atoms with Gasteiger partial charge in [-0.25, -0.2) is 13.8 Å². The zero-order valence-electron chi connectivity index (χ0n) is 20.9. The number of carboxylic acid groups (broad SMARTS) is 1. The van der Waals surface area contributed by atoms with Crippen LogP contribution in [0, 0.1) is 17.6 Å². The van der Waals surface area contributed by atoms with E-state index >= 15 is 0 Å². The number of rotatable bonds is 4. The third-order valence-electron chi connectivity index (χ3n) is 7.12. The Bertz CT molecular complexity index is 1400. The molecule has 2 atom stereocenters. The monoisotopic (exact) mass is 544 g/mol. The van der Waals surface area contributed by atoms with Crippen molar-refractivity contribution in [2.24, 2.45) is 10.9 Å². The van der Waals surface area contributed by atoms with Gasteiger partial charge >= 0.3 is 12.1 Å². The quantitative estimate of drug-likeness (QED) is 0.404. The summed E-state index contributed by atoms with van der Waals surface area (Å²) in [7, 11) is 0. The summed E-state index contributed by atoms with van der Waals surface area (Å²) in [6.07, 6.45) is -4.94. The summed E-state index contributed by atoms with van der Waals surface area (Å²) in [4.78, 5) is 22.4. The Morgan fingerprint density at radius 3 is 2.18 bits per heavy atom. The maximum absolute atomic E-state index is 14.2. The van der Waals surface area contributed by atoms with Gasteiger partial charge in [-0.2, -0.15) is 13.2 Å². The van der Waals surface area contributed by atoms with Crippen molar-refractivity contribution in [1.29, 1.82) is 0 Å². The van der Waals surface area contributed by atoms with E-state index in [-0.39, 0.29) is 17.5 Å². The van der Waals surface area contributed by atoms with Crippen molar-refractivity contribution < 1.29 is 31.9 Å². The van der Waals surface area contributed by atoms with Crippen molar-refractivity contribution in [2.75, 3.05) is 36.0 Å². The molecule has 2 unspecified atom stereocenters. The number of guanidine groups is 1. The van der Waals surface area contributed by atoms with Crippen LogP contribution in [0.15, 0.2) is 71.7 Å². The number of hydrogen-bond donors (Lipinski definition) is 1. The minimum Gasteiger partial charge on any atom is -0.481 e. The molecule has 0 radical (unpaired) electrons. The van der Waals surface area contributed by atoms with Crippen molar-refractivity contribution >= 4 is 29.0 Å². The lowest BCUT2D eigenvalue weighted by Crippen LogP contribution is -2.56. The topological polar surface area (TPSA) is 59.4 Å². The number of piperazine rings is 1. The zero-order chi connectivity index (χ0) is 27.9. The number of aliphatic imine (C=N–C) groups is 1. The maximum atomic E-state index is 14.2. The van der Waals surface area contributed by atoms with Gasteiger partial charge in [-0.15, -0.1) is 0 Å². The first-order chi connectivity index (χ1) is 18.5. The van der Waals surface area contributed by atoms with E-state index in [1.54, 1.807) is 36.4 Å². The molecule has 1 fully saturated rings. The number of fused-ring (bicyclic) bond motifs is 1. The molecule has 2 aliphatic rings. The predicted molar refractivity (Wildman–Crippen MR) is 137 cm³/mol. The summed E-state index contributed by atoms with van der Waals surface area (Å²) in [6, 6.07) is 14.7. The van der Waals surface area contributed by atoms with Gasteiger partial charge in [0.1, 0.15) is 11.6 Å². The number of alkyl halides is 3. The number of carbonyl (C=O) groups is 1. The predicted octanol–water partition coefficient (Wildman–Crippen LogP) is 6.08. The van der Waals surface area contributed by atoms with Gasteiger partial charge in [0.25, 0.3) is 0 Å². The average Bonchev–Trinajstić information content (AvgIpc) is 2.92. The van der Waals surface area contributed by atoms with Crippen molar-refractivity contribution in [3.05, 3.63) is 89.5 Å². The highest BCUT2D eigenvalue weighted by molar-refractivity contribution is 6.01. The van der Waals surface area contributed by atoms with Crippen LogP contribution < -0.4 is 9.80 Å². The minimum atomic E-state index is -4.94. The number of benzene rings is 3. The summed E-state index contributed by atoms with van der Waals surface area (Å²) >= 11 is 0. The third-order valence-corrected chi connectivity index (χ3v) is 7.12. The van der Waals surface area contributed by atoms with Gasteiger partial charge in [0.15, 0.2) is 0 Å². The lowest BCUT2D eigenvalue weighted by Gasteiger charge is -2.46. The maximum Gasteiger partial charge on any atom is 0.419 e. The summed E-state index contributed by atoms with van der Waals surface area (Å²) in [5.41, 5.74) is 0.423. The Kier molecular flexibility index (Phi) is 6.92. The molecule has 1 saturated heterocycles. The fourth-order valence-corrected chi connectivity index (χ4v) is 5.09. The Hall–Kier alpha value is -4.15. The summed E-state index contributed by atoms with van der Waals surface area (Å²) < 4.78 is 68.7. The van der Waals surface area contributed by atoms with Gasteiger partial charge in [0, 0.05) is 43.1 Å². The Labute approximate surface area is 221 Å². The van der Waals surface area contributed by atoms with Gasteiger partial charge in [0.05, 0.1) is 23.2 Å². The molecule has 3 aromatic carbocycles. The van der Waals surface area contributed by atoms with Crippen LogP contribution in [0.3, 0.4) is 0 Å². The summed E-state index contributed by atoms with van der Waals surface area (Å²) in [5.74, 6) is -3.67. The number of para-hydroxylation sites is 1. The molecule has 6 nitrogen and oxygen atoms in total. The van der Waals surface area contributed by atoms with Crippen LogP contribution in [0.1, 0.15) is 24.1 Å². The number of nitrogens with zero attached hydrogens (tertiary/aromatic N) is 4. The van der Waals surface area contributed by atoms with Crippen LogP contribution >= 0.6 is 0 Å². The number of hydrogen-bond acceptors (Lipinski definition) is 5. The van der Waals surface area contributed by atoms with E-state index in [0.717, 1.165) is 11.8 Å². The standard InChI is InChI=1S/C28H25F5N4O2/c1-17(26(38)39)25-21-4-2-3-5-24(21)34-27(37(25)20-10-11-23(30)22(16-20)28(31,32)33)36-14-12-35(13-15-36)19-8-6-18(29)7-9-19/h2-11,16-17,25H,12-15H2,1H3,(H,38,39). The molecule has 2 heterocycles. The average molecular weight is 545 g/mol. The van der Waals surface area contributed by atoms with E-state index in [2.05, 4.69) is 4.90 Å². The zero-order valence-corrected chi connectivity index (χ0v) is 20.9. The number of aliphatic carboxylic acids is 1. The van der Waals surface area contributed by atoms with Gasteiger partial charge in [-0.1, -0.05) is 18.2 Å². The van der Waals surface area contributed by atoms with Gasteiger partial charge in [-0.05, 0) is 55.5 Å². The Balaban J connectivity index is 1.58. The highest BCUT2D eigenvalue weighted by atomic mass is 19.4. The van der Waals surface area contributed by atoms with Crippen molar-refractivity contribution in [1.82, 2.24) is 4.90 Å². The molecule has 5 rings (SSSR count). The molecule has 3 aromatic rings. The SMILES string of the molecule is CC(C(=O)O)C1c2ccccc2N=C(N2CCN(c3ccc(F)cc3)CC2)N1c1ccc(F)c(C(F)(F)F)c1. The lowest BCUT2D eigenvalue weighted by atomic mass is 9.90. The van der Waals surface area contributed by atoms with E-state index in [4.69, 9.17) is 4.99 Å². The van der Waals surface area contributed by atoms with E-state index in [9.17, 15) is 31.9 Å². The van der Waals surface area contributed by atoms with E-state index in [1.807, 2.05) is 4.90 Å². The second-order valence-corrected chi connectivity index (χ2v) is 9.52. The molecule has 0 spiro atoms. The summed E-state index contributed by atoms with van der Waals surface area (Å²) in [6.45, 7) is 3.33. The second-order valence-electron chi connectivity index (χ2n) is 9.52. The Morgan fingerprint density at radius 1 is 0.923 bits per heavy atom. The molecule has 0 amide bonds. The molecule has 11 heteroatoms. The Morgan fingerprint density at radius 2 is 1.54 bits per heavy atom. The van der Waals surface area contributed by atoms with Crippen LogP contribution in [0.4, 0.5) is 39.0 Å². The third kappa shape index (κ3) is 5.13. The normalized spacial score (nSPS) is 18.5. The van der Waals surface area contributed by atoms with Crippen LogP contribution in [-0.2, 0) is 11.0 Å². The van der Waals surface area contributed by atoms with Crippen LogP contribution in [0.5, 0.6) is 0 Å². The molecule has 0 saturated carbocycles. The number of anilines is 2. The van der Waals surface area contributed by atoms with Gasteiger partial charge in [0.2, 0.25) is 5.96 Å². The molecule has 0 bridgehead atoms. The first kappa shape index (κ1) is 26.5. The first-order valence-electron chi connectivity index (χ1n) is 12.4. The molecule has 39 heavy (non-hydrogen) atoms. The fraction of sp³-hybridized carbons (Fsp3) is 0.286. The smallest absolute Gasteiger partial charge is 0.419 e. The highest BCUT2D eigenvalue weighted by Gasteiger charge is 2.42. The van der Waals surface area contributed by atoms with Gasteiger partial charge in [-0.3, -0.25) is 4.79 Å². The van der Waals surface area contributed by atoms with Gasteiger partial charge < -0.3 is 19.8 Å². The molecule has 204 valence electrons. The molecule has 0 aliphatic carbocycles. The fourth-order valence-electron chi connectivity index (χ4n) is 5.09. The number of carboxylic acids is 1. The lowest BCUT2D eigenvalue weighted by molar-refractivity contribution is -0.142. The molecular weight excluding hydrogens is 519 g/mol. The van der Waals surface area contributed by atoms with Crippen molar-refractivity contribution in [3.63, 3.8) is 0 Å². The van der Waals surface area contributed by atoms with E-state index in [0.29, 0.717) is 43.5 Å². The minimum absolute atomic E-state index is 0.0176. The van der Waals surface area contributed by atoms with E-state index in [1.165, 1.54) is 30.0 Å². The molecular formula is C28H25F5N4O2. The van der Waals surface area contributed by atoms with Crippen LogP contribution in [0.2, 0.25) is 0 Å². The summed E-state index contributed by atoms with van der Waals surface area (Å²) in [5, 5.41) is 9.98. The highest BCUT2D eigenvalue weighted by Crippen LogP contribution is 2.44. The molecule has 2 aliphatic heterocycles. The first-order valence-corrected chi connectivity index (χ1v) is 12.4. The molecule has 0 aromatic heterocycles. The number of halogens is 5. The van der Waals surface area contributed by atoms with Crippen molar-refractivity contribution in [2.45, 2.75) is 19.1 Å². The van der Waals surface area contributed by atoms with Crippen LogP contribution in [-0.4, -0.2) is 48.1 Å². The van der Waals surface area contributed by atoms with Crippen LogP contribution in [0.25, 0.3) is 0 Å². The second kappa shape index (κ2) is 10.2. The molecule has 1 N–H and O–H groups in total. The van der Waals surface area contributed by atoms with Crippen molar-refractivity contribution in [3.8, 4) is 0 Å². The largest absolute Gasteiger partial charge is 0.481 e. The van der Waals surface area contributed by atoms with E-state index < -0.39 is 35.5 Å².